The molecule has 0 atom stereocenters. The third-order valence-corrected chi connectivity index (χ3v) is 4.62. The fraction of sp³-hybridized carbons (Fsp3) is 0.500. The lowest BCUT2D eigenvalue weighted by molar-refractivity contribution is -0.136. The zero-order valence-corrected chi connectivity index (χ0v) is 13.0. The first-order valence-electron chi connectivity index (χ1n) is 7.70. The second-order valence-corrected chi connectivity index (χ2v) is 6.44. The maximum absolute atomic E-state index is 12.4. The van der Waals surface area contributed by atoms with Crippen molar-refractivity contribution in [3.63, 3.8) is 0 Å². The van der Waals surface area contributed by atoms with Crippen molar-refractivity contribution in [1.29, 1.82) is 0 Å². The van der Waals surface area contributed by atoms with E-state index in [4.69, 9.17) is 5.73 Å². The Morgan fingerprint density at radius 2 is 1.96 bits per heavy atom. The third-order valence-electron chi connectivity index (χ3n) is 4.62. The number of carbonyl (C=O) groups excluding carboxylic acids is 3. The summed E-state index contributed by atoms with van der Waals surface area (Å²) >= 11 is 0. The van der Waals surface area contributed by atoms with E-state index in [0.717, 1.165) is 24.1 Å². The Hall–Kier alpha value is -2.44. The van der Waals surface area contributed by atoms with E-state index in [1.54, 1.807) is 6.20 Å². The van der Waals surface area contributed by atoms with Crippen LogP contribution in [0.2, 0.25) is 0 Å². The van der Waals surface area contributed by atoms with Gasteiger partial charge in [0.05, 0.1) is 11.2 Å². The molecule has 2 saturated carbocycles. The Bertz CT molecular complexity index is 678. The van der Waals surface area contributed by atoms with Gasteiger partial charge in [0.25, 0.3) is 0 Å². The number of aromatic nitrogens is 1. The molecule has 2 fully saturated rings. The molecule has 23 heavy (non-hydrogen) atoms. The fourth-order valence-electron chi connectivity index (χ4n) is 2.69. The summed E-state index contributed by atoms with van der Waals surface area (Å²) in [6.07, 6.45) is 4.26. The SMILES string of the molecule is CC(=O)NCc1ccnc(C2(NC(=O)C3(C(N)=O)CC3)CC2)c1. The quantitative estimate of drug-likeness (QED) is 0.645. The minimum atomic E-state index is -1.02. The summed E-state index contributed by atoms with van der Waals surface area (Å²) in [5, 5.41) is 5.71. The van der Waals surface area contributed by atoms with Crippen molar-refractivity contribution in [2.75, 3.05) is 0 Å². The second kappa shape index (κ2) is 5.33. The number of nitrogens with zero attached hydrogens (tertiary/aromatic N) is 1. The largest absolute Gasteiger partial charge is 0.369 e. The molecule has 4 N–H and O–H groups in total. The topological polar surface area (TPSA) is 114 Å². The molecule has 0 spiro atoms. The van der Waals surface area contributed by atoms with E-state index in [1.807, 2.05) is 12.1 Å². The van der Waals surface area contributed by atoms with Crippen molar-refractivity contribution in [3.05, 3.63) is 29.6 Å². The summed E-state index contributed by atoms with van der Waals surface area (Å²) in [4.78, 5) is 39.2. The van der Waals surface area contributed by atoms with Gasteiger partial charge in [-0.05, 0) is 43.4 Å². The van der Waals surface area contributed by atoms with E-state index in [1.165, 1.54) is 6.92 Å². The van der Waals surface area contributed by atoms with Crippen LogP contribution in [0.15, 0.2) is 18.3 Å². The van der Waals surface area contributed by atoms with E-state index in [0.29, 0.717) is 19.4 Å². The van der Waals surface area contributed by atoms with Gasteiger partial charge >= 0.3 is 0 Å². The summed E-state index contributed by atoms with van der Waals surface area (Å²) in [5.41, 5.74) is 5.49. The number of nitrogens with one attached hydrogen (secondary N) is 2. The van der Waals surface area contributed by atoms with Gasteiger partial charge < -0.3 is 16.4 Å². The first-order chi connectivity index (χ1) is 10.9. The number of hydrogen-bond donors (Lipinski definition) is 3. The molecule has 0 saturated heterocycles. The fourth-order valence-corrected chi connectivity index (χ4v) is 2.69. The zero-order chi connectivity index (χ0) is 16.7. The molecular weight excluding hydrogens is 296 g/mol. The number of carbonyl (C=O) groups is 3. The molecule has 0 radical (unpaired) electrons. The minimum Gasteiger partial charge on any atom is -0.369 e. The number of hydrogen-bond acceptors (Lipinski definition) is 4. The molecule has 3 amide bonds. The molecule has 7 nitrogen and oxygen atoms in total. The van der Waals surface area contributed by atoms with Crippen LogP contribution >= 0.6 is 0 Å². The van der Waals surface area contributed by atoms with Crippen molar-refractivity contribution in [2.24, 2.45) is 11.1 Å². The van der Waals surface area contributed by atoms with Crippen LogP contribution in [-0.2, 0) is 26.5 Å². The average molecular weight is 316 g/mol. The monoisotopic (exact) mass is 316 g/mol. The molecule has 2 aliphatic rings. The number of rotatable bonds is 6. The van der Waals surface area contributed by atoms with Crippen molar-refractivity contribution >= 4 is 17.7 Å². The van der Waals surface area contributed by atoms with Gasteiger partial charge in [-0.1, -0.05) is 0 Å². The first kappa shape index (κ1) is 15.5. The van der Waals surface area contributed by atoms with Crippen LogP contribution in [0.25, 0.3) is 0 Å². The van der Waals surface area contributed by atoms with Crippen molar-refractivity contribution in [2.45, 2.75) is 44.7 Å². The van der Waals surface area contributed by atoms with E-state index >= 15 is 0 Å². The Kier molecular flexibility index (Phi) is 3.58. The Morgan fingerprint density at radius 3 is 2.48 bits per heavy atom. The lowest BCUT2D eigenvalue weighted by Gasteiger charge is -2.20. The number of amides is 3. The zero-order valence-electron chi connectivity index (χ0n) is 13.0. The Labute approximate surface area is 134 Å². The van der Waals surface area contributed by atoms with Gasteiger partial charge in [0.1, 0.15) is 5.41 Å². The molecule has 1 aromatic heterocycles. The van der Waals surface area contributed by atoms with Crippen LogP contribution in [-0.4, -0.2) is 22.7 Å². The van der Waals surface area contributed by atoms with E-state index < -0.39 is 16.9 Å². The molecule has 7 heteroatoms. The molecular formula is C16H20N4O3. The maximum atomic E-state index is 12.4. The van der Waals surface area contributed by atoms with Gasteiger partial charge in [0, 0.05) is 19.7 Å². The van der Waals surface area contributed by atoms with Crippen molar-refractivity contribution < 1.29 is 14.4 Å². The van der Waals surface area contributed by atoms with E-state index in [-0.39, 0.29) is 11.8 Å². The highest BCUT2D eigenvalue weighted by atomic mass is 16.2. The molecule has 1 heterocycles. The van der Waals surface area contributed by atoms with Crippen LogP contribution in [0, 0.1) is 5.41 Å². The van der Waals surface area contributed by atoms with Gasteiger partial charge in [-0.2, -0.15) is 0 Å². The van der Waals surface area contributed by atoms with Crippen LogP contribution < -0.4 is 16.4 Å². The summed E-state index contributed by atoms with van der Waals surface area (Å²) < 4.78 is 0. The van der Waals surface area contributed by atoms with Gasteiger partial charge in [-0.25, -0.2) is 0 Å². The maximum Gasteiger partial charge on any atom is 0.236 e. The molecule has 0 bridgehead atoms. The molecule has 2 aliphatic carbocycles. The molecule has 0 aromatic carbocycles. The van der Waals surface area contributed by atoms with E-state index in [2.05, 4.69) is 15.6 Å². The summed E-state index contributed by atoms with van der Waals surface area (Å²) in [6, 6.07) is 3.70. The van der Waals surface area contributed by atoms with Crippen LogP contribution in [0.1, 0.15) is 43.9 Å². The molecule has 122 valence electrons. The highest BCUT2D eigenvalue weighted by molar-refractivity contribution is 6.07. The Morgan fingerprint density at radius 1 is 1.26 bits per heavy atom. The summed E-state index contributed by atoms with van der Waals surface area (Å²) in [5.74, 6) is -0.954. The average Bonchev–Trinajstić information content (AvgIpc) is 3.39. The standard InChI is InChI=1S/C16H20N4O3/c1-10(21)19-9-11-2-7-18-12(8-11)16(5-6-16)20-14(23)15(3-4-15)13(17)22/h2,7-8H,3-6,9H2,1H3,(H2,17,22)(H,19,21)(H,20,23). The molecule has 3 rings (SSSR count). The van der Waals surface area contributed by atoms with E-state index in [9.17, 15) is 14.4 Å². The van der Waals surface area contributed by atoms with Crippen molar-refractivity contribution in [1.82, 2.24) is 15.6 Å². The second-order valence-electron chi connectivity index (χ2n) is 6.44. The number of primary amides is 1. The van der Waals surface area contributed by atoms with Gasteiger partial charge in [-0.15, -0.1) is 0 Å². The van der Waals surface area contributed by atoms with Crippen molar-refractivity contribution in [3.8, 4) is 0 Å². The normalized spacial score (nSPS) is 19.5. The van der Waals surface area contributed by atoms with Gasteiger partial charge in [0.15, 0.2) is 0 Å². The smallest absolute Gasteiger partial charge is 0.236 e. The molecule has 1 aromatic rings. The molecule has 0 aliphatic heterocycles. The van der Waals surface area contributed by atoms with Crippen LogP contribution in [0.4, 0.5) is 0 Å². The van der Waals surface area contributed by atoms with Gasteiger partial charge in [0.2, 0.25) is 17.7 Å². The molecule has 0 unspecified atom stereocenters. The lowest BCUT2D eigenvalue weighted by Crippen LogP contribution is -2.45. The summed E-state index contributed by atoms with van der Waals surface area (Å²) in [7, 11) is 0. The van der Waals surface area contributed by atoms with Gasteiger partial charge in [-0.3, -0.25) is 19.4 Å². The Balaban J connectivity index is 1.73. The predicted octanol–water partition coefficient (Wildman–Crippen LogP) is 0.0885. The first-order valence-corrected chi connectivity index (χ1v) is 7.70. The third kappa shape index (κ3) is 2.91. The minimum absolute atomic E-state index is 0.102. The number of pyridine rings is 1. The number of nitrogens with two attached hydrogens (primary N) is 1. The highest BCUT2D eigenvalue weighted by Crippen LogP contribution is 2.50. The summed E-state index contributed by atoms with van der Waals surface area (Å²) in [6.45, 7) is 1.88. The predicted molar refractivity (Wildman–Crippen MR) is 81.7 cm³/mol. The highest BCUT2D eigenvalue weighted by Gasteiger charge is 2.59. The van der Waals surface area contributed by atoms with Crippen LogP contribution in [0.5, 0.6) is 0 Å². The van der Waals surface area contributed by atoms with Crippen LogP contribution in [0.3, 0.4) is 0 Å². The lowest BCUT2D eigenvalue weighted by atomic mass is 10.0.